The van der Waals surface area contributed by atoms with Gasteiger partial charge < -0.3 is 10.1 Å². The van der Waals surface area contributed by atoms with Crippen LogP contribution in [0.25, 0.3) is 11.2 Å². The monoisotopic (exact) mass is 350 g/mol. The largest absolute Gasteiger partial charge is 0.462 e. The third kappa shape index (κ3) is 3.61. The van der Waals surface area contributed by atoms with Crippen molar-refractivity contribution in [3.05, 3.63) is 76.7 Å². The number of anilines is 1. The Morgan fingerprint density at radius 2 is 2.15 bits per heavy atom. The van der Waals surface area contributed by atoms with Gasteiger partial charge in [-0.2, -0.15) is 0 Å². The normalized spacial score (nSPS) is 11.4. The van der Waals surface area contributed by atoms with Crippen LogP contribution in [-0.2, 0) is 9.53 Å². The van der Waals surface area contributed by atoms with Gasteiger partial charge in [-0.05, 0) is 43.7 Å². The molecular weight excluding hydrogens is 332 g/mol. The summed E-state index contributed by atoms with van der Waals surface area (Å²) in [5, 5.41) is 2.86. The lowest BCUT2D eigenvalue weighted by Gasteiger charge is -2.08. The van der Waals surface area contributed by atoms with Gasteiger partial charge in [0.25, 0.3) is 5.56 Å². The number of rotatable bonds is 5. The fourth-order valence-corrected chi connectivity index (χ4v) is 2.39. The first-order chi connectivity index (χ1) is 12.6. The first-order valence-corrected chi connectivity index (χ1v) is 8.13. The molecule has 132 valence electrons. The van der Waals surface area contributed by atoms with Gasteiger partial charge in [-0.1, -0.05) is 6.07 Å². The molecule has 0 spiro atoms. The third-order valence-electron chi connectivity index (χ3n) is 3.67. The third-order valence-corrected chi connectivity index (χ3v) is 3.67. The lowest BCUT2D eigenvalue weighted by Crippen LogP contribution is -2.18. The fourth-order valence-electron chi connectivity index (χ4n) is 2.39. The molecule has 0 aromatic carbocycles. The predicted molar refractivity (Wildman–Crippen MR) is 98.7 cm³/mol. The number of fused-ring (bicyclic) bond motifs is 1. The summed E-state index contributed by atoms with van der Waals surface area (Å²) >= 11 is 0. The van der Waals surface area contributed by atoms with E-state index in [0.29, 0.717) is 11.3 Å². The summed E-state index contributed by atoms with van der Waals surface area (Å²) in [5.74, 6) is -0.525. The minimum absolute atomic E-state index is 0.223. The number of esters is 1. The molecule has 7 heteroatoms. The van der Waals surface area contributed by atoms with Gasteiger partial charge in [0.2, 0.25) is 0 Å². The molecule has 3 rings (SSSR count). The van der Waals surface area contributed by atoms with Crippen LogP contribution >= 0.6 is 0 Å². The van der Waals surface area contributed by atoms with E-state index >= 15 is 0 Å². The van der Waals surface area contributed by atoms with Crippen molar-refractivity contribution in [1.82, 2.24) is 14.4 Å². The predicted octanol–water partition coefficient (Wildman–Crippen LogP) is 2.41. The van der Waals surface area contributed by atoms with Crippen molar-refractivity contribution in [3.8, 4) is 0 Å². The van der Waals surface area contributed by atoms with Crippen LogP contribution in [0.1, 0.15) is 18.2 Å². The number of nitrogens with zero attached hydrogens (tertiary/aromatic N) is 3. The van der Waals surface area contributed by atoms with E-state index in [-0.39, 0.29) is 23.4 Å². The van der Waals surface area contributed by atoms with Crippen LogP contribution in [0.3, 0.4) is 0 Å². The van der Waals surface area contributed by atoms with Crippen molar-refractivity contribution < 1.29 is 9.53 Å². The van der Waals surface area contributed by atoms with E-state index in [2.05, 4.69) is 15.3 Å². The van der Waals surface area contributed by atoms with Crippen molar-refractivity contribution in [2.24, 2.45) is 0 Å². The lowest BCUT2D eigenvalue weighted by molar-refractivity contribution is -0.136. The Morgan fingerprint density at radius 3 is 2.88 bits per heavy atom. The Morgan fingerprint density at radius 1 is 1.31 bits per heavy atom. The summed E-state index contributed by atoms with van der Waals surface area (Å²) in [7, 11) is 0. The van der Waals surface area contributed by atoms with Crippen LogP contribution in [0.5, 0.6) is 0 Å². The summed E-state index contributed by atoms with van der Waals surface area (Å²) in [6.07, 6.45) is 6.10. The van der Waals surface area contributed by atoms with Crippen molar-refractivity contribution in [2.45, 2.75) is 13.8 Å². The summed E-state index contributed by atoms with van der Waals surface area (Å²) in [6, 6.07) is 8.86. The van der Waals surface area contributed by atoms with E-state index in [1.54, 1.807) is 37.5 Å². The zero-order valence-electron chi connectivity index (χ0n) is 14.5. The second kappa shape index (κ2) is 7.60. The topological polar surface area (TPSA) is 85.6 Å². The Bertz CT molecular complexity index is 1030. The van der Waals surface area contributed by atoms with Crippen molar-refractivity contribution >= 4 is 22.9 Å². The molecule has 0 aliphatic rings. The highest BCUT2D eigenvalue weighted by atomic mass is 16.5. The summed E-state index contributed by atoms with van der Waals surface area (Å²) in [5.41, 5.74) is 2.21. The van der Waals surface area contributed by atoms with Crippen LogP contribution in [0.4, 0.5) is 5.69 Å². The molecule has 0 amide bonds. The maximum atomic E-state index is 12.6. The highest BCUT2D eigenvalue weighted by molar-refractivity contribution is 6.16. The molecule has 26 heavy (non-hydrogen) atoms. The van der Waals surface area contributed by atoms with E-state index in [1.165, 1.54) is 16.8 Å². The Hall–Kier alpha value is -3.48. The summed E-state index contributed by atoms with van der Waals surface area (Å²) in [6.45, 7) is 3.89. The maximum absolute atomic E-state index is 12.6. The number of ether oxygens (including phenoxy) is 1. The van der Waals surface area contributed by atoms with Gasteiger partial charge in [0.05, 0.1) is 18.5 Å². The van der Waals surface area contributed by atoms with Gasteiger partial charge in [0, 0.05) is 18.6 Å². The number of aromatic nitrogens is 3. The smallest absolute Gasteiger partial charge is 0.341 e. The second-order valence-corrected chi connectivity index (χ2v) is 5.55. The van der Waals surface area contributed by atoms with Crippen LogP contribution in [0.15, 0.2) is 59.9 Å². The van der Waals surface area contributed by atoms with E-state index in [0.717, 1.165) is 5.56 Å². The molecule has 0 aliphatic carbocycles. The molecule has 0 bridgehead atoms. The standard InChI is InChI=1S/C19H18N4O3/c1-3-26-19(25)14(15-6-4-5-8-20-15)11-21-16-12-22-17-10-13(2)7-9-23(17)18(16)24/h4-12,21H,3H2,1-2H3/b14-11+. The van der Waals surface area contributed by atoms with E-state index < -0.39 is 5.97 Å². The number of carbonyl (C=O) groups excluding carboxylic acids is 1. The van der Waals surface area contributed by atoms with Crippen molar-refractivity contribution in [3.63, 3.8) is 0 Å². The number of carbonyl (C=O) groups is 1. The van der Waals surface area contributed by atoms with Gasteiger partial charge in [-0.15, -0.1) is 0 Å². The fraction of sp³-hybridized carbons (Fsp3) is 0.158. The van der Waals surface area contributed by atoms with E-state index in [1.807, 2.05) is 19.1 Å². The molecule has 0 unspecified atom stereocenters. The molecule has 3 heterocycles. The second-order valence-electron chi connectivity index (χ2n) is 5.55. The maximum Gasteiger partial charge on any atom is 0.341 e. The zero-order chi connectivity index (χ0) is 18.5. The number of hydrogen-bond acceptors (Lipinski definition) is 6. The molecule has 0 atom stereocenters. The molecule has 7 nitrogen and oxygen atoms in total. The van der Waals surface area contributed by atoms with E-state index in [4.69, 9.17) is 4.74 Å². The van der Waals surface area contributed by atoms with Crippen LogP contribution in [-0.4, -0.2) is 26.9 Å². The summed E-state index contributed by atoms with van der Waals surface area (Å²) in [4.78, 5) is 33.3. The van der Waals surface area contributed by atoms with Gasteiger partial charge in [0.1, 0.15) is 16.9 Å². The highest BCUT2D eigenvalue weighted by Crippen LogP contribution is 2.14. The first-order valence-electron chi connectivity index (χ1n) is 8.13. The molecule has 0 fully saturated rings. The molecule has 0 aliphatic heterocycles. The average molecular weight is 350 g/mol. The molecule has 0 radical (unpaired) electrons. The van der Waals surface area contributed by atoms with Gasteiger partial charge in [0.15, 0.2) is 0 Å². The molecule has 0 saturated heterocycles. The molecule has 3 aromatic heterocycles. The average Bonchev–Trinajstić information content (AvgIpc) is 2.64. The molecule has 0 saturated carbocycles. The SMILES string of the molecule is CCOC(=O)/C(=C/Nc1cnc2cc(C)ccn2c1=O)c1ccccn1. The summed E-state index contributed by atoms with van der Waals surface area (Å²) < 4.78 is 6.51. The minimum Gasteiger partial charge on any atom is -0.462 e. The van der Waals surface area contributed by atoms with Crippen LogP contribution in [0, 0.1) is 6.92 Å². The quantitative estimate of drug-likeness (QED) is 0.562. The Balaban J connectivity index is 1.98. The molecule has 3 aromatic rings. The van der Waals surface area contributed by atoms with Crippen molar-refractivity contribution in [2.75, 3.05) is 11.9 Å². The highest BCUT2D eigenvalue weighted by Gasteiger charge is 2.15. The van der Waals surface area contributed by atoms with Crippen LogP contribution in [0.2, 0.25) is 0 Å². The number of aryl methyl sites for hydroxylation is 1. The van der Waals surface area contributed by atoms with Gasteiger partial charge in [-0.25, -0.2) is 9.78 Å². The van der Waals surface area contributed by atoms with Crippen molar-refractivity contribution in [1.29, 1.82) is 0 Å². The Kier molecular flexibility index (Phi) is 5.07. The van der Waals surface area contributed by atoms with Gasteiger partial charge >= 0.3 is 5.97 Å². The Labute approximate surface area is 150 Å². The van der Waals surface area contributed by atoms with Gasteiger partial charge in [-0.3, -0.25) is 14.2 Å². The van der Waals surface area contributed by atoms with E-state index in [9.17, 15) is 9.59 Å². The zero-order valence-corrected chi connectivity index (χ0v) is 14.5. The van der Waals surface area contributed by atoms with Crippen LogP contribution < -0.4 is 10.9 Å². The molecular formula is C19H18N4O3. The molecule has 1 N–H and O–H groups in total. The first kappa shape index (κ1) is 17.3. The number of hydrogen-bond donors (Lipinski definition) is 1. The lowest BCUT2D eigenvalue weighted by atomic mass is 10.2. The number of nitrogens with one attached hydrogen (secondary N) is 1. The minimum atomic E-state index is -0.525. The number of pyridine rings is 2.